The van der Waals surface area contributed by atoms with E-state index in [1.165, 1.54) is 26.2 Å². The van der Waals surface area contributed by atoms with Gasteiger partial charge in [-0.25, -0.2) is 12.7 Å². The second-order valence-electron chi connectivity index (χ2n) is 5.93. The molecule has 8 nitrogen and oxygen atoms in total. The van der Waals surface area contributed by atoms with Gasteiger partial charge in [-0.2, -0.15) is 4.98 Å². The second-order valence-corrected chi connectivity index (χ2v) is 9.25. The quantitative estimate of drug-likeness (QED) is 0.637. The van der Waals surface area contributed by atoms with Crippen LogP contribution in [0.25, 0.3) is 0 Å². The molecule has 1 heterocycles. The Hall–Kier alpha value is -1.53. The summed E-state index contributed by atoms with van der Waals surface area (Å²) in [7, 11) is -0.718. The summed E-state index contributed by atoms with van der Waals surface area (Å²) in [5.41, 5.74) is 0.283. The van der Waals surface area contributed by atoms with E-state index in [2.05, 4.69) is 15.5 Å². The molecule has 1 aliphatic rings. The number of rotatable bonds is 6. The van der Waals surface area contributed by atoms with E-state index < -0.39 is 15.9 Å². The third-order valence-electron chi connectivity index (χ3n) is 3.79. The fraction of sp³-hybridized carbons (Fsp3) is 0.400. The maximum atomic E-state index is 12.4. The predicted octanol–water partition coefficient (Wildman–Crippen LogP) is 1.73. The van der Waals surface area contributed by atoms with Crippen molar-refractivity contribution in [2.45, 2.75) is 30.2 Å². The van der Waals surface area contributed by atoms with Gasteiger partial charge in [0.15, 0.2) is 5.82 Å². The van der Waals surface area contributed by atoms with Crippen LogP contribution in [0.3, 0.4) is 0 Å². The predicted molar refractivity (Wildman–Crippen MR) is 97.5 cm³/mol. The molecule has 1 N–H and O–H groups in total. The van der Waals surface area contributed by atoms with Crippen molar-refractivity contribution in [2.24, 2.45) is 0 Å². The molecule has 3 rings (SSSR count). The van der Waals surface area contributed by atoms with Gasteiger partial charge in [0.25, 0.3) is 5.91 Å². The van der Waals surface area contributed by atoms with Crippen LogP contribution in [-0.2, 0) is 16.6 Å². The first-order valence-electron chi connectivity index (χ1n) is 7.62. The molecule has 1 saturated carbocycles. The lowest BCUT2D eigenvalue weighted by Crippen LogP contribution is -2.26. The average Bonchev–Trinajstić information content (AvgIpc) is 3.31. The van der Waals surface area contributed by atoms with Gasteiger partial charge in [-0.3, -0.25) is 4.79 Å². The van der Waals surface area contributed by atoms with Crippen molar-refractivity contribution in [3.8, 4) is 0 Å². The van der Waals surface area contributed by atoms with Crippen molar-refractivity contribution in [2.75, 3.05) is 14.1 Å². The summed E-state index contributed by atoms with van der Waals surface area (Å²) in [6.45, 7) is 0.0965. The van der Waals surface area contributed by atoms with E-state index in [1.54, 1.807) is 6.07 Å². The minimum absolute atomic E-state index is 0.0666. The van der Waals surface area contributed by atoms with E-state index in [0.29, 0.717) is 21.2 Å². The third kappa shape index (κ3) is 4.01. The monoisotopic (exact) mass is 476 g/mol. The Balaban J connectivity index is 1.74. The molecule has 0 bridgehead atoms. The Morgan fingerprint density at radius 3 is 2.76 bits per heavy atom. The summed E-state index contributed by atoms with van der Waals surface area (Å²) in [5.74, 6) is 0.994. The lowest BCUT2D eigenvalue weighted by atomic mass is 10.2. The molecular weight excluding hydrogens is 459 g/mol. The second kappa shape index (κ2) is 7.00. The highest BCUT2D eigenvalue weighted by atomic mass is 127. The lowest BCUT2D eigenvalue weighted by molar-refractivity contribution is 0.0945. The molecule has 1 aromatic carbocycles. The highest BCUT2D eigenvalue weighted by molar-refractivity contribution is 14.1. The highest BCUT2D eigenvalue weighted by Gasteiger charge is 2.28. The Kier molecular flexibility index (Phi) is 5.11. The van der Waals surface area contributed by atoms with Crippen LogP contribution in [0, 0.1) is 3.57 Å². The smallest absolute Gasteiger partial charge is 0.252 e. The zero-order chi connectivity index (χ0) is 18.2. The van der Waals surface area contributed by atoms with Gasteiger partial charge in [0.2, 0.25) is 15.9 Å². The number of sulfonamides is 1. The van der Waals surface area contributed by atoms with Gasteiger partial charge in [0.1, 0.15) is 0 Å². The van der Waals surface area contributed by atoms with Crippen molar-refractivity contribution in [1.29, 1.82) is 0 Å². The molecule has 0 spiro atoms. The summed E-state index contributed by atoms with van der Waals surface area (Å²) in [5, 5.41) is 6.58. The highest BCUT2D eigenvalue weighted by Crippen LogP contribution is 2.38. The SMILES string of the molecule is CN(C)S(=O)(=O)c1ccc(I)c(C(=O)NCc2nc(C3CC3)no2)c1. The standard InChI is InChI=1S/C15H17IN4O4S/c1-20(2)25(22,23)10-5-6-12(16)11(7-10)15(21)17-8-13-18-14(19-24-13)9-3-4-9/h5-7,9H,3-4,8H2,1-2H3,(H,17,21). The normalized spacial score (nSPS) is 14.7. The van der Waals surface area contributed by atoms with Gasteiger partial charge in [-0.05, 0) is 53.6 Å². The van der Waals surface area contributed by atoms with Crippen molar-refractivity contribution < 1.29 is 17.7 Å². The van der Waals surface area contributed by atoms with Gasteiger partial charge >= 0.3 is 0 Å². The van der Waals surface area contributed by atoms with Crippen LogP contribution in [0.5, 0.6) is 0 Å². The number of benzene rings is 1. The van der Waals surface area contributed by atoms with E-state index >= 15 is 0 Å². The summed E-state index contributed by atoms with van der Waals surface area (Å²) < 4.78 is 31.3. The summed E-state index contributed by atoms with van der Waals surface area (Å²) >= 11 is 1.99. The molecule has 0 radical (unpaired) electrons. The van der Waals surface area contributed by atoms with Crippen molar-refractivity contribution in [3.05, 3.63) is 39.0 Å². The molecular formula is C15H17IN4O4S. The van der Waals surface area contributed by atoms with Gasteiger partial charge in [0, 0.05) is 23.6 Å². The van der Waals surface area contributed by atoms with Crippen molar-refractivity contribution >= 4 is 38.5 Å². The van der Waals surface area contributed by atoms with E-state index in [0.717, 1.165) is 17.1 Å². The number of carbonyl (C=O) groups excluding carboxylic acids is 1. The van der Waals surface area contributed by atoms with Crippen LogP contribution >= 0.6 is 22.6 Å². The van der Waals surface area contributed by atoms with Gasteiger partial charge < -0.3 is 9.84 Å². The Morgan fingerprint density at radius 2 is 2.12 bits per heavy atom. The van der Waals surface area contributed by atoms with Crippen LogP contribution in [0.1, 0.15) is 40.8 Å². The number of nitrogens with zero attached hydrogens (tertiary/aromatic N) is 3. The summed E-state index contributed by atoms with van der Waals surface area (Å²) in [6.07, 6.45) is 2.13. The van der Waals surface area contributed by atoms with Crippen LogP contribution in [0.4, 0.5) is 0 Å². The molecule has 1 fully saturated rings. The number of nitrogens with one attached hydrogen (secondary N) is 1. The van der Waals surface area contributed by atoms with Crippen LogP contribution in [0.2, 0.25) is 0 Å². The number of carbonyl (C=O) groups is 1. The molecule has 0 unspecified atom stereocenters. The molecule has 0 atom stereocenters. The van der Waals surface area contributed by atoms with Crippen molar-refractivity contribution in [1.82, 2.24) is 19.8 Å². The number of hydrogen-bond acceptors (Lipinski definition) is 6. The lowest BCUT2D eigenvalue weighted by Gasteiger charge is -2.13. The Bertz CT molecular complexity index is 906. The molecule has 0 saturated heterocycles. The number of halogens is 1. The molecule has 25 heavy (non-hydrogen) atoms. The molecule has 1 amide bonds. The number of amides is 1. The zero-order valence-corrected chi connectivity index (χ0v) is 16.7. The Labute approximate surface area is 159 Å². The maximum absolute atomic E-state index is 12.4. The van der Waals surface area contributed by atoms with Gasteiger partial charge in [-0.15, -0.1) is 0 Å². The van der Waals surface area contributed by atoms with Crippen LogP contribution < -0.4 is 5.32 Å². The average molecular weight is 476 g/mol. The van der Waals surface area contributed by atoms with Gasteiger partial charge in [0.05, 0.1) is 17.0 Å². The maximum Gasteiger partial charge on any atom is 0.252 e. The zero-order valence-electron chi connectivity index (χ0n) is 13.7. The minimum Gasteiger partial charge on any atom is -0.343 e. The molecule has 2 aromatic rings. The summed E-state index contributed by atoms with van der Waals surface area (Å²) in [6, 6.07) is 4.45. The van der Waals surface area contributed by atoms with Crippen molar-refractivity contribution in [3.63, 3.8) is 0 Å². The van der Waals surface area contributed by atoms with Crippen LogP contribution in [0.15, 0.2) is 27.6 Å². The molecule has 134 valence electrons. The molecule has 0 aliphatic heterocycles. The topological polar surface area (TPSA) is 105 Å². The summed E-state index contributed by atoms with van der Waals surface area (Å²) in [4.78, 5) is 16.7. The fourth-order valence-corrected chi connectivity index (χ4v) is 3.66. The van der Waals surface area contributed by atoms with Gasteiger partial charge in [-0.1, -0.05) is 5.16 Å². The van der Waals surface area contributed by atoms with E-state index in [1.807, 2.05) is 22.6 Å². The van der Waals surface area contributed by atoms with E-state index in [9.17, 15) is 13.2 Å². The minimum atomic E-state index is -3.61. The largest absolute Gasteiger partial charge is 0.343 e. The Morgan fingerprint density at radius 1 is 1.40 bits per heavy atom. The first-order chi connectivity index (χ1) is 11.8. The first kappa shape index (κ1) is 18.3. The number of aromatic nitrogens is 2. The molecule has 10 heteroatoms. The number of hydrogen-bond donors (Lipinski definition) is 1. The first-order valence-corrected chi connectivity index (χ1v) is 10.1. The fourth-order valence-electron chi connectivity index (χ4n) is 2.15. The van der Waals surface area contributed by atoms with E-state index in [4.69, 9.17) is 4.52 Å². The van der Waals surface area contributed by atoms with Crippen LogP contribution in [-0.4, -0.2) is 42.9 Å². The van der Waals surface area contributed by atoms with E-state index in [-0.39, 0.29) is 17.0 Å². The molecule has 1 aliphatic carbocycles. The third-order valence-corrected chi connectivity index (χ3v) is 6.54. The molecule has 1 aromatic heterocycles.